The number of ketones is 1. The smallest absolute Gasteiger partial charge is 0.336 e. The molecule has 0 spiro atoms. The van der Waals surface area contributed by atoms with Crippen molar-refractivity contribution in [3.8, 4) is 11.5 Å². The molecule has 0 amide bonds. The van der Waals surface area contributed by atoms with E-state index in [-0.39, 0.29) is 12.4 Å². The fourth-order valence-corrected chi connectivity index (χ4v) is 4.60. The molecule has 0 saturated heterocycles. The van der Waals surface area contributed by atoms with Gasteiger partial charge in [-0.3, -0.25) is 4.79 Å². The van der Waals surface area contributed by atoms with Crippen molar-refractivity contribution in [2.75, 3.05) is 20.8 Å². The van der Waals surface area contributed by atoms with E-state index >= 15 is 0 Å². The molecule has 1 heterocycles. The van der Waals surface area contributed by atoms with Gasteiger partial charge in [0.05, 0.1) is 26.4 Å². The van der Waals surface area contributed by atoms with Gasteiger partial charge in [-0.15, -0.1) is 0 Å². The van der Waals surface area contributed by atoms with Crippen LogP contribution < -0.4 is 14.8 Å². The summed E-state index contributed by atoms with van der Waals surface area (Å²) < 4.78 is 16.6. The Morgan fingerprint density at radius 1 is 1.03 bits per heavy atom. The van der Waals surface area contributed by atoms with Gasteiger partial charge in [0.2, 0.25) is 0 Å². The van der Waals surface area contributed by atoms with Gasteiger partial charge in [-0.25, -0.2) is 4.79 Å². The number of dihydropyridines is 1. The van der Waals surface area contributed by atoms with Crippen LogP contribution in [0.2, 0.25) is 0 Å². The molecule has 6 heteroatoms. The summed E-state index contributed by atoms with van der Waals surface area (Å²) in [6.45, 7) is 2.13. The van der Waals surface area contributed by atoms with E-state index in [1.807, 2.05) is 49.4 Å². The summed E-state index contributed by atoms with van der Waals surface area (Å²) in [6, 6.07) is 15.4. The summed E-state index contributed by atoms with van der Waals surface area (Å²) >= 11 is 0. The van der Waals surface area contributed by atoms with Crippen LogP contribution in [0.3, 0.4) is 0 Å². The van der Waals surface area contributed by atoms with Crippen LogP contribution in [0.5, 0.6) is 11.5 Å². The summed E-state index contributed by atoms with van der Waals surface area (Å²) in [5, 5.41) is 3.32. The molecule has 0 bridgehead atoms. The molecule has 2 aromatic carbocycles. The maximum absolute atomic E-state index is 13.3. The van der Waals surface area contributed by atoms with Crippen LogP contribution in [-0.2, 0) is 20.7 Å². The molecule has 1 aliphatic heterocycles. The lowest BCUT2D eigenvalue weighted by molar-refractivity contribution is -0.139. The lowest BCUT2D eigenvalue weighted by Crippen LogP contribution is -2.34. The number of carbonyl (C=O) groups is 2. The standard InChI is InChI=1S/C27H29NO5/c1-17-24(27(30)33-15-14-18-8-5-4-6-9-18)25(26-20(28-17)10-7-11-21(26)29)19-12-13-22(31-2)23(16-19)32-3/h4-6,8-9,12-13,16,25,28H,7,10-11,14-15H2,1-3H3. The van der Waals surface area contributed by atoms with Crippen LogP contribution >= 0.6 is 0 Å². The second kappa shape index (κ2) is 9.94. The first-order valence-electron chi connectivity index (χ1n) is 11.2. The molecule has 172 valence electrons. The van der Waals surface area contributed by atoms with Gasteiger partial charge in [0, 0.05) is 35.7 Å². The molecule has 6 nitrogen and oxygen atoms in total. The first kappa shape index (κ1) is 22.6. The summed E-state index contributed by atoms with van der Waals surface area (Å²) in [6.07, 6.45) is 2.67. The Labute approximate surface area is 194 Å². The summed E-state index contributed by atoms with van der Waals surface area (Å²) in [4.78, 5) is 26.4. The third kappa shape index (κ3) is 4.65. The van der Waals surface area contributed by atoms with E-state index in [9.17, 15) is 9.59 Å². The van der Waals surface area contributed by atoms with Crippen LogP contribution in [0, 0.1) is 0 Å². The molecule has 33 heavy (non-hydrogen) atoms. The number of hydrogen-bond acceptors (Lipinski definition) is 6. The van der Waals surface area contributed by atoms with Crippen molar-refractivity contribution in [3.05, 3.63) is 82.2 Å². The van der Waals surface area contributed by atoms with Gasteiger partial charge in [-0.1, -0.05) is 36.4 Å². The molecular formula is C27H29NO5. The normalized spacial score (nSPS) is 17.9. The Balaban J connectivity index is 1.68. The average Bonchev–Trinajstić information content (AvgIpc) is 2.83. The van der Waals surface area contributed by atoms with Crippen LogP contribution in [0.4, 0.5) is 0 Å². The highest BCUT2D eigenvalue weighted by molar-refractivity contribution is 6.03. The second-order valence-electron chi connectivity index (χ2n) is 8.25. The maximum Gasteiger partial charge on any atom is 0.336 e. The van der Waals surface area contributed by atoms with E-state index in [4.69, 9.17) is 14.2 Å². The molecule has 2 aliphatic rings. The predicted molar refractivity (Wildman–Crippen MR) is 125 cm³/mol. The molecular weight excluding hydrogens is 418 g/mol. The van der Waals surface area contributed by atoms with E-state index in [0.29, 0.717) is 41.2 Å². The van der Waals surface area contributed by atoms with Crippen molar-refractivity contribution in [1.82, 2.24) is 5.32 Å². The van der Waals surface area contributed by atoms with Crippen molar-refractivity contribution in [3.63, 3.8) is 0 Å². The second-order valence-corrected chi connectivity index (χ2v) is 8.25. The fourth-order valence-electron chi connectivity index (χ4n) is 4.60. The fraction of sp³-hybridized carbons (Fsp3) is 0.333. The Hall–Kier alpha value is -3.54. The van der Waals surface area contributed by atoms with E-state index in [0.717, 1.165) is 29.7 Å². The first-order valence-corrected chi connectivity index (χ1v) is 11.2. The minimum absolute atomic E-state index is 0.0608. The number of methoxy groups -OCH3 is 2. The monoisotopic (exact) mass is 447 g/mol. The van der Waals surface area contributed by atoms with Gasteiger partial charge < -0.3 is 19.5 Å². The number of hydrogen-bond donors (Lipinski definition) is 1. The van der Waals surface area contributed by atoms with Gasteiger partial charge in [-0.2, -0.15) is 0 Å². The molecule has 1 atom stereocenters. The third-order valence-electron chi connectivity index (χ3n) is 6.20. The Morgan fingerprint density at radius 2 is 1.79 bits per heavy atom. The quantitative estimate of drug-likeness (QED) is 0.632. The van der Waals surface area contributed by atoms with Crippen molar-refractivity contribution in [1.29, 1.82) is 0 Å². The van der Waals surface area contributed by atoms with Crippen molar-refractivity contribution in [2.45, 2.75) is 38.5 Å². The number of nitrogens with one attached hydrogen (secondary N) is 1. The van der Waals surface area contributed by atoms with E-state index in [1.54, 1.807) is 20.3 Å². The topological polar surface area (TPSA) is 73.9 Å². The molecule has 1 unspecified atom stereocenters. The zero-order valence-electron chi connectivity index (χ0n) is 19.3. The predicted octanol–water partition coefficient (Wildman–Crippen LogP) is 4.46. The molecule has 0 fully saturated rings. The molecule has 0 aromatic heterocycles. The maximum atomic E-state index is 13.3. The summed E-state index contributed by atoms with van der Waals surface area (Å²) in [5.41, 5.74) is 4.61. The molecule has 2 aromatic rings. The van der Waals surface area contributed by atoms with Gasteiger partial charge >= 0.3 is 5.97 Å². The van der Waals surface area contributed by atoms with Crippen LogP contribution in [0.25, 0.3) is 0 Å². The van der Waals surface area contributed by atoms with Crippen LogP contribution in [0.1, 0.15) is 43.2 Å². The van der Waals surface area contributed by atoms with Gasteiger partial charge in [0.15, 0.2) is 17.3 Å². The van der Waals surface area contributed by atoms with Gasteiger partial charge in [0.25, 0.3) is 0 Å². The first-order chi connectivity index (χ1) is 16.0. The lowest BCUT2D eigenvalue weighted by atomic mass is 9.75. The number of rotatable bonds is 7. The zero-order valence-corrected chi connectivity index (χ0v) is 19.3. The Bertz CT molecular complexity index is 1120. The number of carbonyl (C=O) groups excluding carboxylic acids is 2. The summed E-state index contributed by atoms with van der Waals surface area (Å²) in [5.74, 6) is 0.268. The minimum Gasteiger partial charge on any atom is -0.493 e. The van der Waals surface area contributed by atoms with E-state index in [2.05, 4.69) is 5.32 Å². The number of allylic oxidation sites excluding steroid dienone is 3. The highest BCUT2D eigenvalue weighted by atomic mass is 16.5. The summed E-state index contributed by atoms with van der Waals surface area (Å²) in [7, 11) is 3.15. The molecule has 4 rings (SSSR count). The lowest BCUT2D eigenvalue weighted by Gasteiger charge is -2.34. The Kier molecular flexibility index (Phi) is 6.82. The minimum atomic E-state index is -0.516. The van der Waals surface area contributed by atoms with Gasteiger partial charge in [0.1, 0.15) is 0 Å². The van der Waals surface area contributed by atoms with Crippen LogP contribution in [0.15, 0.2) is 71.1 Å². The largest absolute Gasteiger partial charge is 0.493 e. The van der Waals surface area contributed by atoms with E-state index in [1.165, 1.54) is 0 Å². The molecule has 1 N–H and O–H groups in total. The van der Waals surface area contributed by atoms with Crippen molar-refractivity contribution >= 4 is 11.8 Å². The number of ether oxygens (including phenoxy) is 3. The zero-order chi connectivity index (χ0) is 23.4. The molecule has 0 radical (unpaired) electrons. The SMILES string of the molecule is COc1ccc(C2C(C(=O)OCCc3ccccc3)=C(C)NC3=C2C(=O)CCC3)cc1OC. The highest BCUT2D eigenvalue weighted by Gasteiger charge is 2.39. The van der Waals surface area contributed by atoms with Crippen molar-refractivity contribution in [2.24, 2.45) is 0 Å². The van der Waals surface area contributed by atoms with Crippen molar-refractivity contribution < 1.29 is 23.8 Å². The average molecular weight is 448 g/mol. The number of esters is 1. The highest BCUT2D eigenvalue weighted by Crippen LogP contribution is 2.44. The Morgan fingerprint density at radius 3 is 2.52 bits per heavy atom. The van der Waals surface area contributed by atoms with Crippen LogP contribution in [-0.4, -0.2) is 32.6 Å². The number of Topliss-reactive ketones (excluding diaryl/α,β-unsaturated/α-hetero) is 1. The third-order valence-corrected chi connectivity index (χ3v) is 6.20. The number of benzene rings is 2. The van der Waals surface area contributed by atoms with Gasteiger partial charge in [-0.05, 0) is 43.0 Å². The molecule has 0 saturated carbocycles. The molecule has 1 aliphatic carbocycles. The van der Waals surface area contributed by atoms with E-state index < -0.39 is 11.9 Å².